The molecule has 0 bridgehead atoms. The summed E-state index contributed by atoms with van der Waals surface area (Å²) in [5.74, 6) is 1.85. The maximum Gasteiger partial charge on any atom is 0.264 e. The van der Waals surface area contributed by atoms with E-state index in [2.05, 4.69) is 17.1 Å². The van der Waals surface area contributed by atoms with Crippen LogP contribution in [0.3, 0.4) is 0 Å². The smallest absolute Gasteiger partial charge is 0.264 e. The molecule has 5 heteroatoms. The molecule has 1 atom stereocenters. The van der Waals surface area contributed by atoms with Crippen LogP contribution in [-0.4, -0.2) is 49.7 Å². The highest BCUT2D eigenvalue weighted by molar-refractivity contribution is 5.81. The average Bonchev–Trinajstić information content (AvgIpc) is 2.59. The molecule has 2 heterocycles. The summed E-state index contributed by atoms with van der Waals surface area (Å²) >= 11 is 0. The predicted octanol–water partition coefficient (Wildman–Crippen LogP) is 1.67. The summed E-state index contributed by atoms with van der Waals surface area (Å²) in [6, 6.07) is 7.45. The molecule has 0 radical (unpaired) electrons. The van der Waals surface area contributed by atoms with Crippen LogP contribution in [0.15, 0.2) is 24.3 Å². The van der Waals surface area contributed by atoms with Gasteiger partial charge in [-0.05, 0) is 50.5 Å². The molecule has 0 spiro atoms. The lowest BCUT2D eigenvalue weighted by molar-refractivity contribution is -0.130. The number of hydrogen-bond donors (Lipinski definition) is 1. The maximum atomic E-state index is 12.2. The molecule has 2 aliphatic rings. The summed E-state index contributed by atoms with van der Waals surface area (Å²) in [4.78, 5) is 14.7. The summed E-state index contributed by atoms with van der Waals surface area (Å²) in [5, 5.41) is 3.02. The molecule has 3 rings (SSSR count). The van der Waals surface area contributed by atoms with Crippen LogP contribution >= 0.6 is 0 Å². The highest BCUT2D eigenvalue weighted by atomic mass is 16.6. The minimum absolute atomic E-state index is 0.0765. The third kappa shape index (κ3) is 3.53. The molecule has 120 valence electrons. The van der Waals surface area contributed by atoms with Crippen LogP contribution in [0.1, 0.15) is 19.8 Å². The number of rotatable bonds is 4. The minimum atomic E-state index is -0.550. The zero-order valence-electron chi connectivity index (χ0n) is 13.1. The van der Waals surface area contributed by atoms with Crippen molar-refractivity contribution in [2.45, 2.75) is 25.9 Å². The highest BCUT2D eigenvalue weighted by Crippen LogP contribution is 2.30. The van der Waals surface area contributed by atoms with Gasteiger partial charge in [-0.15, -0.1) is 0 Å². The second-order valence-corrected chi connectivity index (χ2v) is 5.99. The summed E-state index contributed by atoms with van der Waals surface area (Å²) in [6.07, 6.45) is 1.75. The first-order valence-electron chi connectivity index (χ1n) is 8.15. The summed E-state index contributed by atoms with van der Waals surface area (Å²) in [7, 11) is 0. The van der Waals surface area contributed by atoms with Crippen molar-refractivity contribution in [1.29, 1.82) is 0 Å². The van der Waals surface area contributed by atoms with Gasteiger partial charge in [0.1, 0.15) is 6.61 Å². The molecule has 1 fully saturated rings. The quantitative estimate of drug-likeness (QED) is 0.919. The first-order chi connectivity index (χ1) is 10.8. The van der Waals surface area contributed by atoms with Gasteiger partial charge in [0.2, 0.25) is 6.10 Å². The number of nitrogens with one attached hydrogen (secondary N) is 1. The van der Waals surface area contributed by atoms with E-state index in [9.17, 15) is 4.79 Å². The number of carbonyl (C=O) groups excluding carboxylic acids is 1. The van der Waals surface area contributed by atoms with Gasteiger partial charge in [0, 0.05) is 6.54 Å². The summed E-state index contributed by atoms with van der Waals surface area (Å²) in [5.41, 5.74) is 0. The van der Waals surface area contributed by atoms with Crippen molar-refractivity contribution >= 4 is 5.91 Å². The largest absolute Gasteiger partial charge is 0.485 e. The third-order valence-corrected chi connectivity index (χ3v) is 4.52. The number of para-hydroxylation sites is 2. The van der Waals surface area contributed by atoms with E-state index in [0.717, 1.165) is 39.0 Å². The molecule has 1 aromatic rings. The first-order valence-corrected chi connectivity index (χ1v) is 8.15. The number of hydrogen-bond acceptors (Lipinski definition) is 4. The number of ether oxygens (including phenoxy) is 2. The van der Waals surface area contributed by atoms with E-state index in [1.54, 1.807) is 0 Å². The van der Waals surface area contributed by atoms with Crippen molar-refractivity contribution in [1.82, 2.24) is 10.2 Å². The number of amides is 1. The topological polar surface area (TPSA) is 50.8 Å². The monoisotopic (exact) mass is 304 g/mol. The van der Waals surface area contributed by atoms with Gasteiger partial charge in [-0.3, -0.25) is 4.79 Å². The molecule has 0 aliphatic carbocycles. The van der Waals surface area contributed by atoms with E-state index in [-0.39, 0.29) is 12.5 Å². The standard InChI is InChI=1S/C17H24N2O3/c1-2-19-9-7-13(8-10-19)11-18-17(20)16-12-21-14-5-3-4-6-15(14)22-16/h3-6,13,16H,2,7-12H2,1H3,(H,18,20)/t16-/m1/s1. The molecule has 0 aromatic heterocycles. The van der Waals surface area contributed by atoms with Crippen molar-refractivity contribution < 1.29 is 14.3 Å². The van der Waals surface area contributed by atoms with E-state index in [0.29, 0.717) is 17.4 Å². The SMILES string of the molecule is CCN1CCC(CNC(=O)[C@H]2COc3ccccc3O2)CC1. The fourth-order valence-corrected chi connectivity index (χ4v) is 3.01. The predicted molar refractivity (Wildman–Crippen MR) is 84.2 cm³/mol. The van der Waals surface area contributed by atoms with Crippen LogP contribution in [0, 0.1) is 5.92 Å². The second-order valence-electron chi connectivity index (χ2n) is 5.99. The zero-order valence-corrected chi connectivity index (χ0v) is 13.1. The molecule has 0 saturated carbocycles. The van der Waals surface area contributed by atoms with Gasteiger partial charge in [0.15, 0.2) is 11.5 Å². The molecule has 1 aromatic carbocycles. The number of fused-ring (bicyclic) bond motifs is 1. The van der Waals surface area contributed by atoms with Gasteiger partial charge in [-0.1, -0.05) is 19.1 Å². The van der Waals surface area contributed by atoms with Crippen LogP contribution in [0.2, 0.25) is 0 Å². The normalized spacial score (nSPS) is 22.3. The van der Waals surface area contributed by atoms with E-state index in [1.165, 1.54) is 0 Å². The highest BCUT2D eigenvalue weighted by Gasteiger charge is 2.28. The Labute approximate surface area is 131 Å². The lowest BCUT2D eigenvalue weighted by atomic mass is 9.97. The third-order valence-electron chi connectivity index (χ3n) is 4.52. The molecule has 1 amide bonds. The van der Waals surface area contributed by atoms with Crippen LogP contribution in [0.5, 0.6) is 11.5 Å². The number of carbonyl (C=O) groups is 1. The Kier molecular flexibility index (Phi) is 4.83. The van der Waals surface area contributed by atoms with E-state index in [1.807, 2.05) is 24.3 Å². The van der Waals surface area contributed by atoms with Crippen molar-refractivity contribution in [3.05, 3.63) is 24.3 Å². The van der Waals surface area contributed by atoms with Crippen LogP contribution in [0.4, 0.5) is 0 Å². The van der Waals surface area contributed by atoms with Crippen molar-refractivity contribution in [3.63, 3.8) is 0 Å². The lowest BCUT2D eigenvalue weighted by Crippen LogP contribution is -2.46. The van der Waals surface area contributed by atoms with E-state index < -0.39 is 6.10 Å². The van der Waals surface area contributed by atoms with Gasteiger partial charge in [0.05, 0.1) is 0 Å². The fourth-order valence-electron chi connectivity index (χ4n) is 3.01. The molecule has 1 N–H and O–H groups in total. The van der Waals surface area contributed by atoms with Crippen molar-refractivity contribution in [3.8, 4) is 11.5 Å². The van der Waals surface area contributed by atoms with Crippen molar-refractivity contribution in [2.75, 3.05) is 32.8 Å². The van der Waals surface area contributed by atoms with Crippen LogP contribution < -0.4 is 14.8 Å². The van der Waals surface area contributed by atoms with E-state index >= 15 is 0 Å². The average molecular weight is 304 g/mol. The van der Waals surface area contributed by atoms with Crippen LogP contribution in [-0.2, 0) is 4.79 Å². The number of likely N-dealkylation sites (tertiary alicyclic amines) is 1. The Hall–Kier alpha value is -1.75. The Morgan fingerprint density at radius 2 is 2.00 bits per heavy atom. The number of piperidine rings is 1. The van der Waals surface area contributed by atoms with Gasteiger partial charge in [-0.2, -0.15) is 0 Å². The Bertz CT molecular complexity index is 512. The molecular weight excluding hydrogens is 280 g/mol. The number of nitrogens with zero attached hydrogens (tertiary/aromatic N) is 1. The van der Waals surface area contributed by atoms with Crippen LogP contribution in [0.25, 0.3) is 0 Å². The maximum absolute atomic E-state index is 12.2. The van der Waals surface area contributed by atoms with E-state index in [4.69, 9.17) is 9.47 Å². The number of benzene rings is 1. The molecular formula is C17H24N2O3. The molecule has 5 nitrogen and oxygen atoms in total. The van der Waals surface area contributed by atoms with Gasteiger partial charge in [-0.25, -0.2) is 0 Å². The molecule has 22 heavy (non-hydrogen) atoms. The first kappa shape index (κ1) is 15.2. The molecule has 0 unspecified atom stereocenters. The lowest BCUT2D eigenvalue weighted by Gasteiger charge is -2.31. The second kappa shape index (κ2) is 7.01. The van der Waals surface area contributed by atoms with Gasteiger partial charge >= 0.3 is 0 Å². The van der Waals surface area contributed by atoms with Gasteiger partial charge < -0.3 is 19.7 Å². The molecule has 2 aliphatic heterocycles. The zero-order chi connectivity index (χ0) is 15.4. The van der Waals surface area contributed by atoms with Crippen molar-refractivity contribution in [2.24, 2.45) is 5.92 Å². The van der Waals surface area contributed by atoms with Gasteiger partial charge in [0.25, 0.3) is 5.91 Å². The minimum Gasteiger partial charge on any atom is -0.485 e. The molecule has 1 saturated heterocycles. The Morgan fingerprint density at radius 3 is 2.73 bits per heavy atom. The summed E-state index contributed by atoms with van der Waals surface area (Å²) in [6.45, 7) is 6.59. The summed E-state index contributed by atoms with van der Waals surface area (Å²) < 4.78 is 11.3. The Morgan fingerprint density at radius 1 is 1.27 bits per heavy atom. The Balaban J connectivity index is 1.45. The fraction of sp³-hybridized carbons (Fsp3) is 0.588.